The molecule has 1 atom stereocenters. The Kier molecular flexibility index (Phi) is 4.10. The summed E-state index contributed by atoms with van der Waals surface area (Å²) in [6.07, 6.45) is 0.485. The van der Waals surface area contributed by atoms with Crippen LogP contribution < -0.4 is 10.5 Å². The van der Waals surface area contributed by atoms with E-state index in [-0.39, 0.29) is 6.61 Å². The van der Waals surface area contributed by atoms with Gasteiger partial charge in [0.15, 0.2) is 5.82 Å². The van der Waals surface area contributed by atoms with E-state index in [1.807, 2.05) is 0 Å². The van der Waals surface area contributed by atoms with Crippen molar-refractivity contribution in [2.45, 2.75) is 30.3 Å². The SMILES string of the molecule is CC1(NS(=O)(=O)c2ccc(F)c(CN)c2F)CCOC1. The van der Waals surface area contributed by atoms with Gasteiger partial charge in [-0.15, -0.1) is 0 Å². The van der Waals surface area contributed by atoms with E-state index in [2.05, 4.69) is 4.72 Å². The first-order chi connectivity index (χ1) is 9.29. The molecule has 5 nitrogen and oxygen atoms in total. The molecule has 1 aromatic rings. The zero-order valence-corrected chi connectivity index (χ0v) is 11.8. The van der Waals surface area contributed by atoms with Crippen LogP contribution in [-0.4, -0.2) is 27.2 Å². The number of nitrogens with one attached hydrogen (secondary N) is 1. The van der Waals surface area contributed by atoms with E-state index >= 15 is 0 Å². The highest BCUT2D eigenvalue weighted by atomic mass is 32.2. The third-order valence-electron chi connectivity index (χ3n) is 3.24. The number of hydrogen-bond donors (Lipinski definition) is 2. The largest absolute Gasteiger partial charge is 0.379 e. The summed E-state index contributed by atoms with van der Waals surface area (Å²) in [5.74, 6) is -2.01. The van der Waals surface area contributed by atoms with Gasteiger partial charge in [0, 0.05) is 18.7 Å². The topological polar surface area (TPSA) is 81.4 Å². The van der Waals surface area contributed by atoms with Crippen molar-refractivity contribution in [2.75, 3.05) is 13.2 Å². The first-order valence-electron chi connectivity index (χ1n) is 6.08. The monoisotopic (exact) mass is 306 g/mol. The lowest BCUT2D eigenvalue weighted by molar-refractivity contribution is 0.178. The van der Waals surface area contributed by atoms with Crippen molar-refractivity contribution in [3.05, 3.63) is 29.3 Å². The second-order valence-electron chi connectivity index (χ2n) is 5.01. The summed E-state index contributed by atoms with van der Waals surface area (Å²) in [6.45, 7) is 1.89. The Morgan fingerprint density at radius 3 is 2.70 bits per heavy atom. The molecule has 0 aliphatic carbocycles. The van der Waals surface area contributed by atoms with Crippen molar-refractivity contribution in [1.29, 1.82) is 0 Å². The fraction of sp³-hybridized carbons (Fsp3) is 0.500. The predicted octanol–water partition coefficient (Wildman–Crippen LogP) is 0.881. The van der Waals surface area contributed by atoms with Gasteiger partial charge in [-0.2, -0.15) is 0 Å². The number of nitrogens with two attached hydrogens (primary N) is 1. The summed E-state index contributed by atoms with van der Waals surface area (Å²) < 4.78 is 59.4. The highest BCUT2D eigenvalue weighted by molar-refractivity contribution is 7.89. The Hall–Kier alpha value is -1.09. The van der Waals surface area contributed by atoms with Crippen LogP contribution >= 0.6 is 0 Å². The van der Waals surface area contributed by atoms with Gasteiger partial charge in [-0.25, -0.2) is 21.9 Å². The number of rotatable bonds is 4. The van der Waals surface area contributed by atoms with Gasteiger partial charge in [0.25, 0.3) is 0 Å². The number of ether oxygens (including phenoxy) is 1. The number of sulfonamides is 1. The van der Waals surface area contributed by atoms with Crippen LogP contribution in [0, 0.1) is 11.6 Å². The molecule has 1 aromatic carbocycles. The summed E-state index contributed by atoms with van der Waals surface area (Å²) in [5.41, 5.74) is 4.01. The Morgan fingerprint density at radius 1 is 1.45 bits per heavy atom. The summed E-state index contributed by atoms with van der Waals surface area (Å²) in [5, 5.41) is 0. The Balaban J connectivity index is 2.40. The number of halogens is 2. The van der Waals surface area contributed by atoms with Crippen LogP contribution in [0.15, 0.2) is 17.0 Å². The van der Waals surface area contributed by atoms with Crippen LogP contribution in [0.2, 0.25) is 0 Å². The normalized spacial score (nSPS) is 23.2. The van der Waals surface area contributed by atoms with E-state index < -0.39 is 44.2 Å². The summed E-state index contributed by atoms with van der Waals surface area (Å²) in [4.78, 5) is -0.604. The Morgan fingerprint density at radius 2 is 2.15 bits per heavy atom. The van der Waals surface area contributed by atoms with E-state index in [1.54, 1.807) is 6.92 Å². The molecule has 1 saturated heterocycles. The molecule has 0 amide bonds. The van der Waals surface area contributed by atoms with Gasteiger partial charge in [0.05, 0.1) is 12.1 Å². The Bertz CT molecular complexity index is 613. The van der Waals surface area contributed by atoms with Crippen LogP contribution in [0.1, 0.15) is 18.9 Å². The van der Waals surface area contributed by atoms with Crippen LogP contribution in [0.3, 0.4) is 0 Å². The molecule has 0 bridgehead atoms. The van der Waals surface area contributed by atoms with Crippen molar-refractivity contribution in [3.8, 4) is 0 Å². The van der Waals surface area contributed by atoms with Gasteiger partial charge >= 0.3 is 0 Å². The van der Waals surface area contributed by atoms with E-state index in [0.717, 1.165) is 12.1 Å². The van der Waals surface area contributed by atoms with Gasteiger partial charge in [-0.1, -0.05) is 0 Å². The lowest BCUT2D eigenvalue weighted by Gasteiger charge is -2.23. The van der Waals surface area contributed by atoms with Crippen LogP contribution in [0.4, 0.5) is 8.78 Å². The average Bonchev–Trinajstić information content (AvgIpc) is 2.74. The number of hydrogen-bond acceptors (Lipinski definition) is 4. The maximum atomic E-state index is 14.1. The molecule has 1 aliphatic rings. The average molecular weight is 306 g/mol. The second kappa shape index (κ2) is 5.36. The molecule has 1 aliphatic heterocycles. The fourth-order valence-electron chi connectivity index (χ4n) is 2.10. The summed E-state index contributed by atoms with van der Waals surface area (Å²) in [7, 11) is -4.11. The molecule has 8 heteroatoms. The second-order valence-corrected chi connectivity index (χ2v) is 6.66. The first kappa shape index (κ1) is 15.3. The minimum atomic E-state index is -4.11. The maximum Gasteiger partial charge on any atom is 0.244 e. The molecule has 0 aromatic heterocycles. The molecular formula is C12H16F2N2O3S. The Labute approximate surface area is 116 Å². The number of benzene rings is 1. The zero-order valence-electron chi connectivity index (χ0n) is 10.9. The van der Waals surface area contributed by atoms with Crippen molar-refractivity contribution < 1.29 is 21.9 Å². The minimum Gasteiger partial charge on any atom is -0.379 e. The van der Waals surface area contributed by atoms with Gasteiger partial charge in [-0.05, 0) is 25.5 Å². The molecule has 112 valence electrons. The molecule has 2 rings (SSSR count). The van der Waals surface area contributed by atoms with E-state index in [9.17, 15) is 17.2 Å². The smallest absolute Gasteiger partial charge is 0.244 e. The highest BCUT2D eigenvalue weighted by Gasteiger charge is 2.36. The summed E-state index contributed by atoms with van der Waals surface area (Å²) in [6, 6.07) is 1.79. The van der Waals surface area contributed by atoms with Crippen molar-refractivity contribution in [3.63, 3.8) is 0 Å². The van der Waals surface area contributed by atoms with Crippen LogP contribution in [0.5, 0.6) is 0 Å². The van der Waals surface area contributed by atoms with Crippen molar-refractivity contribution >= 4 is 10.0 Å². The van der Waals surface area contributed by atoms with Crippen LogP contribution in [-0.2, 0) is 21.3 Å². The molecule has 3 N–H and O–H groups in total. The fourth-order valence-corrected chi connectivity index (χ4v) is 3.62. The third kappa shape index (κ3) is 2.83. The molecule has 1 unspecified atom stereocenters. The maximum absolute atomic E-state index is 14.1. The molecule has 0 spiro atoms. The molecule has 1 heterocycles. The predicted molar refractivity (Wildman–Crippen MR) is 68.4 cm³/mol. The minimum absolute atomic E-state index is 0.207. The van der Waals surface area contributed by atoms with E-state index in [0.29, 0.717) is 13.0 Å². The zero-order chi connectivity index (χ0) is 15.0. The third-order valence-corrected chi connectivity index (χ3v) is 4.90. The summed E-state index contributed by atoms with van der Waals surface area (Å²) >= 11 is 0. The highest BCUT2D eigenvalue weighted by Crippen LogP contribution is 2.25. The molecule has 0 radical (unpaired) electrons. The standard InChI is InChI=1S/C12H16F2N2O3S/c1-12(4-5-19-7-12)16-20(17,18)10-3-2-9(13)8(6-15)11(10)14/h2-3,16H,4-7,15H2,1H3. The first-order valence-corrected chi connectivity index (χ1v) is 7.56. The van der Waals surface area contributed by atoms with Gasteiger partial charge < -0.3 is 10.5 Å². The van der Waals surface area contributed by atoms with Crippen molar-refractivity contribution in [2.24, 2.45) is 5.73 Å². The van der Waals surface area contributed by atoms with Gasteiger partial charge in [-0.3, -0.25) is 0 Å². The molecule has 0 saturated carbocycles. The van der Waals surface area contributed by atoms with E-state index in [4.69, 9.17) is 10.5 Å². The van der Waals surface area contributed by atoms with Crippen molar-refractivity contribution in [1.82, 2.24) is 4.72 Å². The molecule has 20 heavy (non-hydrogen) atoms. The molecular weight excluding hydrogens is 290 g/mol. The lowest BCUT2D eigenvalue weighted by atomic mass is 10.0. The van der Waals surface area contributed by atoms with Crippen LogP contribution in [0.25, 0.3) is 0 Å². The molecule has 1 fully saturated rings. The van der Waals surface area contributed by atoms with Gasteiger partial charge in [0.2, 0.25) is 10.0 Å². The lowest BCUT2D eigenvalue weighted by Crippen LogP contribution is -2.46. The van der Waals surface area contributed by atoms with E-state index in [1.165, 1.54) is 0 Å². The van der Waals surface area contributed by atoms with Gasteiger partial charge in [0.1, 0.15) is 10.7 Å². The quantitative estimate of drug-likeness (QED) is 0.865.